The Morgan fingerprint density at radius 2 is 1.79 bits per heavy atom. The van der Waals surface area contributed by atoms with Crippen molar-refractivity contribution in [2.45, 2.75) is 24.5 Å². The lowest BCUT2D eigenvalue weighted by molar-refractivity contribution is -0.178. The lowest BCUT2D eigenvalue weighted by Crippen LogP contribution is -2.55. The van der Waals surface area contributed by atoms with Crippen LogP contribution < -0.4 is 10.5 Å². The van der Waals surface area contributed by atoms with Gasteiger partial charge in [-0.15, -0.1) is 0 Å². The molecule has 0 aliphatic carbocycles. The second kappa shape index (κ2) is 5.70. The number of nitrogens with one attached hydrogen (secondary N) is 1. The molecule has 19 heavy (non-hydrogen) atoms. The molecule has 5 N–H and O–H groups in total. The molecular weight excluding hydrogens is 256 g/mol. The van der Waals surface area contributed by atoms with E-state index in [1.165, 1.54) is 24.3 Å². The van der Waals surface area contributed by atoms with Gasteiger partial charge < -0.3 is 35.8 Å². The van der Waals surface area contributed by atoms with Crippen LogP contribution in [0.15, 0.2) is 24.3 Å². The molecule has 1 saturated heterocycles. The van der Waals surface area contributed by atoms with Crippen LogP contribution in [0.3, 0.4) is 0 Å². The topological polar surface area (TPSA) is 128 Å². The summed E-state index contributed by atoms with van der Waals surface area (Å²) in [5.74, 6) is 0. The van der Waals surface area contributed by atoms with Gasteiger partial charge in [0.25, 0.3) is 0 Å². The first kappa shape index (κ1) is 14.0. The third kappa shape index (κ3) is 3.13. The number of aliphatic hydroxyl groups is 3. The highest BCUT2D eigenvalue weighted by atomic mass is 16.8. The second-order valence-corrected chi connectivity index (χ2v) is 4.27. The number of nitrogens with zero attached hydrogens (tertiary/aromatic N) is 1. The van der Waals surface area contributed by atoms with Gasteiger partial charge in [0.15, 0.2) is 6.23 Å². The lowest BCUT2D eigenvalue weighted by Gasteiger charge is -2.36. The fourth-order valence-electron chi connectivity index (χ4n) is 1.78. The van der Waals surface area contributed by atoms with E-state index in [0.29, 0.717) is 5.69 Å². The SMILES string of the molecule is [O-]N(O)c1ccc(NC2OC[C@H](O)[C@H](O)[C@H]2O)cc1. The van der Waals surface area contributed by atoms with E-state index >= 15 is 0 Å². The van der Waals surface area contributed by atoms with Crippen molar-refractivity contribution >= 4 is 11.4 Å². The van der Waals surface area contributed by atoms with Crippen LogP contribution in [0.5, 0.6) is 0 Å². The van der Waals surface area contributed by atoms with Crippen molar-refractivity contribution < 1.29 is 25.3 Å². The average Bonchev–Trinajstić information content (AvgIpc) is 2.40. The Morgan fingerprint density at radius 3 is 2.37 bits per heavy atom. The van der Waals surface area contributed by atoms with Crippen LogP contribution in [0.4, 0.5) is 11.4 Å². The predicted octanol–water partition coefficient (Wildman–Crippen LogP) is -0.769. The molecule has 0 radical (unpaired) electrons. The zero-order valence-corrected chi connectivity index (χ0v) is 9.88. The number of aliphatic hydroxyl groups excluding tert-OH is 3. The van der Waals surface area contributed by atoms with E-state index in [1.54, 1.807) is 0 Å². The van der Waals surface area contributed by atoms with Crippen LogP contribution in [-0.2, 0) is 4.74 Å². The van der Waals surface area contributed by atoms with Crippen LogP contribution in [0.2, 0.25) is 0 Å². The molecule has 106 valence electrons. The molecular formula is C11H15N2O6-. The highest BCUT2D eigenvalue weighted by Crippen LogP contribution is 2.20. The zero-order valence-electron chi connectivity index (χ0n) is 9.88. The molecule has 8 heteroatoms. The van der Waals surface area contributed by atoms with Crippen LogP contribution in [0.1, 0.15) is 0 Å². The highest BCUT2D eigenvalue weighted by Gasteiger charge is 2.37. The normalized spacial score (nSPS) is 31.0. The van der Waals surface area contributed by atoms with Crippen molar-refractivity contribution in [3.8, 4) is 0 Å². The van der Waals surface area contributed by atoms with Crippen LogP contribution in [0.25, 0.3) is 0 Å². The molecule has 0 spiro atoms. The summed E-state index contributed by atoms with van der Waals surface area (Å²) in [6.07, 6.45) is -4.57. The van der Waals surface area contributed by atoms with E-state index in [9.17, 15) is 20.5 Å². The number of ether oxygens (including phenoxy) is 1. The van der Waals surface area contributed by atoms with Gasteiger partial charge in [-0.2, -0.15) is 0 Å². The van der Waals surface area contributed by atoms with Crippen molar-refractivity contribution in [2.75, 3.05) is 17.2 Å². The summed E-state index contributed by atoms with van der Waals surface area (Å²) in [5.41, 5.74) is 0.587. The molecule has 1 aliphatic rings. The van der Waals surface area contributed by atoms with Gasteiger partial charge in [0, 0.05) is 5.69 Å². The summed E-state index contributed by atoms with van der Waals surface area (Å²) < 4.78 is 5.16. The van der Waals surface area contributed by atoms with Gasteiger partial charge in [0.2, 0.25) is 0 Å². The zero-order chi connectivity index (χ0) is 14.0. The number of hydrogen-bond donors (Lipinski definition) is 5. The maximum atomic E-state index is 10.6. The molecule has 0 bridgehead atoms. The van der Waals surface area contributed by atoms with Gasteiger partial charge in [-0.25, -0.2) is 0 Å². The van der Waals surface area contributed by atoms with Gasteiger partial charge in [-0.3, -0.25) is 5.21 Å². The van der Waals surface area contributed by atoms with Crippen molar-refractivity contribution in [3.05, 3.63) is 29.5 Å². The molecule has 1 fully saturated rings. The third-order valence-corrected chi connectivity index (χ3v) is 2.90. The smallest absolute Gasteiger partial charge is 0.156 e. The number of hydrogen-bond acceptors (Lipinski definition) is 8. The minimum atomic E-state index is -1.29. The van der Waals surface area contributed by atoms with E-state index in [4.69, 9.17) is 9.94 Å². The molecule has 0 saturated carbocycles. The van der Waals surface area contributed by atoms with Gasteiger partial charge in [-0.05, 0) is 24.3 Å². The Bertz CT molecular complexity index is 412. The Balaban J connectivity index is 2.01. The summed E-state index contributed by atoms with van der Waals surface area (Å²) in [4.78, 5) is 0. The van der Waals surface area contributed by atoms with E-state index in [2.05, 4.69) is 5.32 Å². The Hall–Kier alpha value is -1.42. The lowest BCUT2D eigenvalue weighted by atomic mass is 10.0. The Morgan fingerprint density at radius 1 is 1.16 bits per heavy atom. The number of rotatable bonds is 3. The maximum Gasteiger partial charge on any atom is 0.156 e. The molecule has 1 aromatic rings. The number of anilines is 2. The first-order valence-electron chi connectivity index (χ1n) is 5.67. The first-order valence-corrected chi connectivity index (χ1v) is 5.67. The maximum absolute atomic E-state index is 10.6. The van der Waals surface area contributed by atoms with Gasteiger partial charge >= 0.3 is 0 Å². The summed E-state index contributed by atoms with van der Waals surface area (Å²) in [7, 11) is 0. The van der Waals surface area contributed by atoms with E-state index in [0.717, 1.165) is 0 Å². The van der Waals surface area contributed by atoms with Crippen molar-refractivity contribution in [1.82, 2.24) is 0 Å². The minimum absolute atomic E-state index is 0.0612. The summed E-state index contributed by atoms with van der Waals surface area (Å²) in [6.45, 7) is -0.0983. The molecule has 8 nitrogen and oxygen atoms in total. The largest absolute Gasteiger partial charge is 0.733 e. The molecule has 1 heterocycles. The van der Waals surface area contributed by atoms with Crippen molar-refractivity contribution in [2.24, 2.45) is 0 Å². The third-order valence-electron chi connectivity index (χ3n) is 2.90. The standard InChI is InChI=1S/C11H15N2O6/c14-8-5-19-11(10(16)9(8)15)12-6-1-3-7(4-2-6)13(17)18/h1-4,8-12,14-17H,5H2/q-1/t8-,9-,10+,11?/m0/s1. The first-order chi connectivity index (χ1) is 8.99. The minimum Gasteiger partial charge on any atom is -0.733 e. The molecule has 0 aromatic heterocycles. The predicted molar refractivity (Wildman–Crippen MR) is 65.5 cm³/mol. The van der Waals surface area contributed by atoms with Crippen molar-refractivity contribution in [3.63, 3.8) is 0 Å². The molecule has 0 amide bonds. The highest BCUT2D eigenvalue weighted by molar-refractivity contribution is 5.54. The van der Waals surface area contributed by atoms with Gasteiger partial charge in [0.05, 0.1) is 12.3 Å². The van der Waals surface area contributed by atoms with E-state index in [1.807, 2.05) is 0 Å². The molecule has 1 aromatic carbocycles. The van der Waals surface area contributed by atoms with E-state index in [-0.39, 0.29) is 17.5 Å². The molecule has 1 aliphatic heterocycles. The number of benzene rings is 1. The summed E-state index contributed by atoms with van der Waals surface area (Å²) >= 11 is 0. The summed E-state index contributed by atoms with van der Waals surface area (Å²) in [6, 6.07) is 5.75. The fraction of sp³-hybridized carbons (Fsp3) is 0.455. The van der Waals surface area contributed by atoms with Crippen LogP contribution in [-0.4, -0.2) is 51.7 Å². The monoisotopic (exact) mass is 271 g/mol. The summed E-state index contributed by atoms with van der Waals surface area (Å²) in [5, 5.41) is 50.3. The van der Waals surface area contributed by atoms with Gasteiger partial charge in [-0.1, -0.05) is 0 Å². The van der Waals surface area contributed by atoms with Crippen LogP contribution in [0, 0.1) is 5.21 Å². The quantitative estimate of drug-likeness (QED) is 0.453. The molecule has 2 rings (SSSR count). The van der Waals surface area contributed by atoms with Crippen molar-refractivity contribution in [1.29, 1.82) is 0 Å². The second-order valence-electron chi connectivity index (χ2n) is 4.27. The molecule has 1 unspecified atom stereocenters. The van der Waals surface area contributed by atoms with Gasteiger partial charge in [0.1, 0.15) is 18.3 Å². The fourth-order valence-corrected chi connectivity index (χ4v) is 1.78. The Labute approximate surface area is 109 Å². The molecule has 4 atom stereocenters. The Kier molecular flexibility index (Phi) is 4.20. The average molecular weight is 271 g/mol. The van der Waals surface area contributed by atoms with E-state index < -0.39 is 24.5 Å². The van der Waals surface area contributed by atoms with Crippen LogP contribution >= 0.6 is 0 Å².